The van der Waals surface area contributed by atoms with Crippen molar-refractivity contribution in [2.75, 3.05) is 32.8 Å². The molecule has 13 nitrogen and oxygen atoms in total. The van der Waals surface area contributed by atoms with Crippen LogP contribution in [-0.4, -0.2) is 82.2 Å². The zero-order valence-electron chi connectivity index (χ0n) is 25.7. The van der Waals surface area contributed by atoms with E-state index in [4.69, 9.17) is 9.47 Å². The Morgan fingerprint density at radius 3 is 2.62 bits per heavy atom. The van der Waals surface area contributed by atoms with Crippen LogP contribution in [0.15, 0.2) is 35.7 Å². The van der Waals surface area contributed by atoms with Crippen LogP contribution in [0.2, 0.25) is 0 Å². The number of ether oxygens (including phenoxy) is 2. The molecule has 2 atom stereocenters. The number of carbonyl (C=O) groups excluding carboxylic acids is 4. The van der Waals surface area contributed by atoms with E-state index in [2.05, 4.69) is 26.0 Å². The molecule has 2 aliphatic rings. The fraction of sp³-hybridized carbons (Fsp3) is 0.484. The third kappa shape index (κ3) is 7.98. The number of amides is 4. The highest BCUT2D eigenvalue weighted by Gasteiger charge is 2.29. The molecule has 2 aliphatic heterocycles. The fourth-order valence-electron chi connectivity index (χ4n) is 5.27. The molecule has 4 amide bonds. The van der Waals surface area contributed by atoms with Gasteiger partial charge in [-0.2, -0.15) is 5.10 Å². The Bertz CT molecular complexity index is 1520. The number of nitrogens with zero attached hydrogens (tertiary/aromatic N) is 4. The van der Waals surface area contributed by atoms with Gasteiger partial charge in [0, 0.05) is 37.0 Å². The van der Waals surface area contributed by atoms with E-state index in [0.29, 0.717) is 54.1 Å². The Morgan fingerprint density at radius 2 is 1.84 bits per heavy atom. The lowest BCUT2D eigenvalue weighted by atomic mass is 10.0. The number of hydrogen-bond acceptors (Lipinski definition) is 9. The standard InChI is InChI=1S/C31H39N7O6S/c1-19(2)16-22-30(41)33-20(3)29-35-28(21-8-5-4-6-9-21)36-38(29)17-25(40)32-11-13-37(12-7-10-24(39)34-22)31(42)27-26-23(18-45-27)43-14-15-44-26/h4-6,8-9,18-20,22H,7,10-17H2,1-3H3,(H,32,40)(H,33,41)(H,34,39)/t20-,22+/m0/s1. The number of thiophene rings is 1. The third-order valence-electron chi connectivity index (χ3n) is 7.45. The van der Waals surface area contributed by atoms with E-state index < -0.39 is 12.1 Å². The molecule has 0 radical (unpaired) electrons. The van der Waals surface area contributed by atoms with E-state index >= 15 is 0 Å². The highest BCUT2D eigenvalue weighted by atomic mass is 32.1. The van der Waals surface area contributed by atoms with Gasteiger partial charge >= 0.3 is 0 Å². The highest BCUT2D eigenvalue weighted by molar-refractivity contribution is 7.12. The quantitative estimate of drug-likeness (QED) is 0.394. The lowest BCUT2D eigenvalue weighted by Crippen LogP contribution is -2.48. The molecule has 3 N–H and O–H groups in total. The largest absolute Gasteiger partial charge is 0.485 e. The number of nitrogens with one attached hydrogen (secondary N) is 3. The summed E-state index contributed by atoms with van der Waals surface area (Å²) in [5.41, 5.74) is 0.767. The predicted octanol–water partition coefficient (Wildman–Crippen LogP) is 2.54. The second-order valence-electron chi connectivity index (χ2n) is 11.5. The molecular weight excluding hydrogens is 598 g/mol. The molecule has 5 rings (SSSR count). The van der Waals surface area contributed by atoms with E-state index in [1.54, 1.807) is 17.2 Å². The van der Waals surface area contributed by atoms with E-state index in [1.165, 1.54) is 16.0 Å². The molecule has 0 spiro atoms. The van der Waals surface area contributed by atoms with E-state index in [-0.39, 0.29) is 62.1 Å². The molecule has 0 fully saturated rings. The molecular formula is C31H39N7O6S. The number of fused-ring (bicyclic) bond motifs is 2. The van der Waals surface area contributed by atoms with Crippen molar-refractivity contribution in [1.82, 2.24) is 35.6 Å². The molecule has 4 heterocycles. The molecule has 0 saturated carbocycles. The monoisotopic (exact) mass is 637 g/mol. The molecule has 2 aromatic heterocycles. The molecule has 3 aromatic rings. The Balaban J connectivity index is 1.41. The molecule has 240 valence electrons. The van der Waals surface area contributed by atoms with Gasteiger partial charge in [0.05, 0.1) is 6.04 Å². The van der Waals surface area contributed by atoms with Crippen LogP contribution in [0.4, 0.5) is 0 Å². The summed E-state index contributed by atoms with van der Waals surface area (Å²) in [6.45, 7) is 7.02. The van der Waals surface area contributed by atoms with Gasteiger partial charge in [0.25, 0.3) is 5.91 Å². The molecule has 14 heteroatoms. The summed E-state index contributed by atoms with van der Waals surface area (Å²) in [6.07, 6.45) is 0.916. The van der Waals surface area contributed by atoms with Crippen LogP contribution in [0.1, 0.15) is 61.6 Å². The summed E-state index contributed by atoms with van der Waals surface area (Å²) >= 11 is 1.24. The van der Waals surface area contributed by atoms with E-state index in [9.17, 15) is 19.2 Å². The predicted molar refractivity (Wildman–Crippen MR) is 167 cm³/mol. The van der Waals surface area contributed by atoms with Crippen molar-refractivity contribution in [2.45, 2.75) is 58.7 Å². The van der Waals surface area contributed by atoms with Crippen molar-refractivity contribution in [3.63, 3.8) is 0 Å². The van der Waals surface area contributed by atoms with Gasteiger partial charge in [0.2, 0.25) is 17.7 Å². The van der Waals surface area contributed by atoms with Crippen LogP contribution in [0.25, 0.3) is 11.4 Å². The van der Waals surface area contributed by atoms with Crippen molar-refractivity contribution >= 4 is 35.0 Å². The van der Waals surface area contributed by atoms with Crippen LogP contribution in [-0.2, 0) is 20.9 Å². The number of hydrogen-bond donors (Lipinski definition) is 3. The molecule has 0 bridgehead atoms. The minimum atomic E-state index is -0.767. The number of rotatable bonds is 4. The first-order valence-electron chi connectivity index (χ1n) is 15.2. The first-order chi connectivity index (χ1) is 21.7. The second kappa shape index (κ2) is 14.5. The van der Waals surface area contributed by atoms with E-state index in [0.717, 1.165) is 5.56 Å². The van der Waals surface area contributed by atoms with Gasteiger partial charge in [-0.05, 0) is 25.7 Å². The van der Waals surface area contributed by atoms with Gasteiger partial charge in [0.15, 0.2) is 17.3 Å². The maximum absolute atomic E-state index is 13.6. The number of benzene rings is 1. The average Bonchev–Trinajstić information content (AvgIpc) is 3.64. The molecule has 45 heavy (non-hydrogen) atoms. The summed E-state index contributed by atoms with van der Waals surface area (Å²) in [5, 5.41) is 15.1. The Kier molecular flexibility index (Phi) is 10.3. The smallest absolute Gasteiger partial charge is 0.267 e. The van der Waals surface area contributed by atoms with Gasteiger partial charge in [0.1, 0.15) is 36.5 Å². The lowest BCUT2D eigenvalue weighted by Gasteiger charge is -2.24. The third-order valence-corrected chi connectivity index (χ3v) is 8.38. The van der Waals surface area contributed by atoms with Gasteiger partial charge in [-0.15, -0.1) is 11.3 Å². The first kappa shape index (κ1) is 31.9. The maximum atomic E-state index is 13.6. The second-order valence-corrected chi connectivity index (χ2v) is 12.4. The topological polar surface area (TPSA) is 157 Å². The average molecular weight is 638 g/mol. The number of aromatic nitrogens is 3. The normalized spacial score (nSPS) is 20.1. The highest BCUT2D eigenvalue weighted by Crippen LogP contribution is 2.40. The van der Waals surface area contributed by atoms with Crippen molar-refractivity contribution in [3.8, 4) is 22.9 Å². The van der Waals surface area contributed by atoms with Crippen LogP contribution >= 0.6 is 11.3 Å². The first-order valence-corrected chi connectivity index (χ1v) is 16.1. The minimum absolute atomic E-state index is 0.116. The summed E-state index contributed by atoms with van der Waals surface area (Å²) in [6, 6.07) is 7.99. The van der Waals surface area contributed by atoms with Gasteiger partial charge in [-0.25, -0.2) is 9.67 Å². The Labute approximate surface area is 265 Å². The summed E-state index contributed by atoms with van der Waals surface area (Å²) < 4.78 is 12.8. The SMILES string of the molecule is CC(C)C[C@H]1NC(=O)CCCN(C(=O)c2scc3c2OCCO3)CCNC(=O)Cn2nc(-c3ccccc3)nc2[C@H](C)NC1=O. The van der Waals surface area contributed by atoms with Crippen LogP contribution in [0.5, 0.6) is 11.5 Å². The van der Waals surface area contributed by atoms with Crippen LogP contribution in [0.3, 0.4) is 0 Å². The van der Waals surface area contributed by atoms with E-state index in [1.807, 2.05) is 44.2 Å². The zero-order valence-corrected chi connectivity index (χ0v) is 26.5. The summed E-state index contributed by atoms with van der Waals surface area (Å²) in [4.78, 5) is 60.0. The maximum Gasteiger partial charge on any atom is 0.267 e. The van der Waals surface area contributed by atoms with Crippen LogP contribution < -0.4 is 25.4 Å². The van der Waals surface area contributed by atoms with Crippen molar-refractivity contribution in [1.29, 1.82) is 0 Å². The molecule has 0 saturated heterocycles. The Hall–Kier alpha value is -4.46. The Morgan fingerprint density at radius 1 is 1.07 bits per heavy atom. The molecule has 0 unspecified atom stereocenters. The zero-order chi connectivity index (χ0) is 31.9. The van der Waals surface area contributed by atoms with Gasteiger partial charge in [-0.1, -0.05) is 44.2 Å². The van der Waals surface area contributed by atoms with Gasteiger partial charge in [-0.3, -0.25) is 19.2 Å². The minimum Gasteiger partial charge on any atom is -0.485 e. The van der Waals surface area contributed by atoms with Crippen molar-refractivity contribution in [3.05, 3.63) is 46.4 Å². The van der Waals surface area contributed by atoms with Crippen LogP contribution in [0, 0.1) is 5.92 Å². The summed E-state index contributed by atoms with van der Waals surface area (Å²) in [7, 11) is 0. The fourth-order valence-corrected chi connectivity index (χ4v) is 6.17. The molecule has 1 aromatic carbocycles. The lowest BCUT2D eigenvalue weighted by molar-refractivity contribution is -0.129. The number of carbonyl (C=O) groups is 4. The molecule has 0 aliphatic carbocycles. The summed E-state index contributed by atoms with van der Waals surface area (Å²) in [5.74, 6) is 0.691. The van der Waals surface area contributed by atoms with Gasteiger partial charge < -0.3 is 30.3 Å². The van der Waals surface area contributed by atoms with Crippen molar-refractivity contribution < 1.29 is 28.7 Å². The van der Waals surface area contributed by atoms with Crippen molar-refractivity contribution in [2.24, 2.45) is 5.92 Å².